The second-order valence-corrected chi connectivity index (χ2v) is 7.20. The second-order valence-electron chi connectivity index (χ2n) is 7.20. The first-order valence-electron chi connectivity index (χ1n) is 9.06. The van der Waals surface area contributed by atoms with Gasteiger partial charge in [-0.1, -0.05) is 0 Å². The molecule has 2 amide bonds. The van der Waals surface area contributed by atoms with Gasteiger partial charge in [-0.15, -0.1) is 0 Å². The van der Waals surface area contributed by atoms with Gasteiger partial charge in [-0.05, 0) is 44.4 Å². The first-order valence-corrected chi connectivity index (χ1v) is 9.06. The Morgan fingerprint density at radius 3 is 2.45 bits per heavy atom. The van der Waals surface area contributed by atoms with Crippen LogP contribution in [0.4, 0.5) is 4.79 Å². The van der Waals surface area contributed by atoms with Crippen molar-refractivity contribution in [3.05, 3.63) is 0 Å². The number of hydrogen-bond acceptors (Lipinski definition) is 3. The smallest absolute Gasteiger partial charge is 0.319 e. The van der Waals surface area contributed by atoms with Crippen LogP contribution in [-0.4, -0.2) is 79.8 Å². The number of carbonyl (C=O) groups excluding carboxylic acids is 1. The van der Waals surface area contributed by atoms with Gasteiger partial charge in [-0.2, -0.15) is 0 Å². The Bertz CT molecular complexity index is 357. The van der Waals surface area contributed by atoms with Crippen LogP contribution in [0.3, 0.4) is 0 Å². The lowest BCUT2D eigenvalue weighted by molar-refractivity contribution is 0.0982. The maximum atomic E-state index is 12.6. The van der Waals surface area contributed by atoms with Gasteiger partial charge in [0, 0.05) is 52.4 Å². The molecule has 0 aromatic rings. The number of urea groups is 1. The van der Waals surface area contributed by atoms with Crippen molar-refractivity contribution in [1.29, 1.82) is 0 Å². The van der Waals surface area contributed by atoms with E-state index in [1.165, 1.54) is 32.2 Å². The molecule has 0 radical (unpaired) electrons. The fourth-order valence-corrected chi connectivity index (χ4v) is 4.05. The number of piperidine rings is 2. The van der Waals surface area contributed by atoms with Crippen LogP contribution >= 0.6 is 0 Å². The molecule has 5 heteroatoms. The first-order chi connectivity index (χ1) is 10.7. The van der Waals surface area contributed by atoms with Gasteiger partial charge < -0.3 is 19.4 Å². The van der Waals surface area contributed by atoms with E-state index in [9.17, 15) is 4.79 Å². The number of hydrogen-bond donors (Lipinski definition) is 0. The molecule has 3 saturated heterocycles. The standard InChI is InChI=1S/C17H31N3O2/c1-18(17(21)20-8-3-2-4-9-20)16-5-10-19(11-6-16)13-15-7-12-22-14-15/h15-16H,2-14H2,1H3. The summed E-state index contributed by atoms with van der Waals surface area (Å²) < 4.78 is 5.47. The molecule has 3 aliphatic heterocycles. The molecule has 5 nitrogen and oxygen atoms in total. The lowest BCUT2D eigenvalue weighted by Crippen LogP contribution is -2.51. The van der Waals surface area contributed by atoms with Crippen molar-refractivity contribution in [3.8, 4) is 0 Å². The molecular weight excluding hydrogens is 278 g/mol. The number of rotatable bonds is 3. The molecule has 3 rings (SSSR count). The third kappa shape index (κ3) is 3.93. The Kier molecular flexibility index (Phi) is 5.58. The first kappa shape index (κ1) is 16.1. The van der Waals surface area contributed by atoms with E-state index in [0.717, 1.165) is 58.2 Å². The van der Waals surface area contributed by atoms with Gasteiger partial charge in [0.05, 0.1) is 6.61 Å². The van der Waals surface area contributed by atoms with E-state index in [1.54, 1.807) is 0 Å². The van der Waals surface area contributed by atoms with Crippen LogP contribution in [0, 0.1) is 5.92 Å². The minimum atomic E-state index is 0.252. The molecule has 3 fully saturated rings. The third-order valence-corrected chi connectivity index (χ3v) is 5.57. The summed E-state index contributed by atoms with van der Waals surface area (Å²) in [6, 6.07) is 0.674. The molecular formula is C17H31N3O2. The van der Waals surface area contributed by atoms with Crippen LogP contribution < -0.4 is 0 Å². The Labute approximate surface area is 134 Å². The zero-order valence-electron chi connectivity index (χ0n) is 14.0. The van der Waals surface area contributed by atoms with Crippen molar-refractivity contribution in [2.75, 3.05) is 53.0 Å². The van der Waals surface area contributed by atoms with Gasteiger partial charge in [-0.25, -0.2) is 4.79 Å². The summed E-state index contributed by atoms with van der Waals surface area (Å²) in [6.07, 6.45) is 7.06. The zero-order chi connectivity index (χ0) is 15.4. The Morgan fingerprint density at radius 1 is 1.09 bits per heavy atom. The van der Waals surface area contributed by atoms with Crippen LogP contribution in [-0.2, 0) is 4.74 Å². The second kappa shape index (κ2) is 7.64. The highest BCUT2D eigenvalue weighted by molar-refractivity contribution is 5.74. The molecule has 126 valence electrons. The fraction of sp³-hybridized carbons (Fsp3) is 0.941. The van der Waals surface area contributed by atoms with Crippen molar-refractivity contribution in [2.24, 2.45) is 5.92 Å². The summed E-state index contributed by atoms with van der Waals surface area (Å²) >= 11 is 0. The highest BCUT2D eigenvalue weighted by atomic mass is 16.5. The SMILES string of the molecule is CN(C(=O)N1CCCCC1)C1CCN(CC2CCOC2)CC1. The predicted octanol–water partition coefficient (Wildman–Crippen LogP) is 2.02. The van der Waals surface area contributed by atoms with Crippen molar-refractivity contribution >= 4 is 6.03 Å². The lowest BCUT2D eigenvalue weighted by atomic mass is 10.0. The van der Waals surface area contributed by atoms with Crippen LogP contribution in [0.15, 0.2) is 0 Å². The summed E-state index contributed by atoms with van der Waals surface area (Å²) in [5, 5.41) is 0. The lowest BCUT2D eigenvalue weighted by Gasteiger charge is -2.40. The molecule has 0 aromatic carbocycles. The van der Waals surface area contributed by atoms with E-state index in [0.29, 0.717) is 6.04 Å². The van der Waals surface area contributed by atoms with E-state index >= 15 is 0 Å². The molecule has 3 aliphatic rings. The molecule has 0 aromatic heterocycles. The molecule has 1 atom stereocenters. The maximum Gasteiger partial charge on any atom is 0.319 e. The maximum absolute atomic E-state index is 12.6. The third-order valence-electron chi connectivity index (χ3n) is 5.57. The average molecular weight is 309 g/mol. The van der Waals surface area contributed by atoms with Crippen molar-refractivity contribution in [3.63, 3.8) is 0 Å². The largest absolute Gasteiger partial charge is 0.381 e. The topological polar surface area (TPSA) is 36.0 Å². The van der Waals surface area contributed by atoms with Crippen molar-refractivity contribution in [1.82, 2.24) is 14.7 Å². The molecule has 0 N–H and O–H groups in total. The monoisotopic (exact) mass is 309 g/mol. The molecule has 0 spiro atoms. The van der Waals surface area contributed by atoms with Crippen LogP contribution in [0.25, 0.3) is 0 Å². The summed E-state index contributed by atoms with van der Waals surface area (Å²) in [5.41, 5.74) is 0. The Balaban J connectivity index is 1.42. The Hall–Kier alpha value is -0.810. The number of amides is 2. The molecule has 0 bridgehead atoms. The van der Waals surface area contributed by atoms with Crippen LogP contribution in [0.2, 0.25) is 0 Å². The molecule has 0 saturated carbocycles. The van der Waals surface area contributed by atoms with Crippen molar-refractivity contribution < 1.29 is 9.53 Å². The number of carbonyl (C=O) groups is 1. The molecule has 0 aliphatic carbocycles. The number of likely N-dealkylation sites (tertiary alicyclic amines) is 2. The Morgan fingerprint density at radius 2 is 1.82 bits per heavy atom. The van der Waals surface area contributed by atoms with Gasteiger partial charge in [-0.3, -0.25) is 0 Å². The predicted molar refractivity (Wildman–Crippen MR) is 87.0 cm³/mol. The van der Waals surface area contributed by atoms with E-state index < -0.39 is 0 Å². The van der Waals surface area contributed by atoms with Crippen molar-refractivity contribution in [2.45, 2.75) is 44.6 Å². The van der Waals surface area contributed by atoms with Gasteiger partial charge in [0.1, 0.15) is 0 Å². The summed E-state index contributed by atoms with van der Waals surface area (Å²) in [7, 11) is 2.00. The van der Waals surface area contributed by atoms with Crippen LogP contribution in [0.1, 0.15) is 38.5 Å². The van der Waals surface area contributed by atoms with Gasteiger partial charge >= 0.3 is 6.03 Å². The quantitative estimate of drug-likeness (QED) is 0.800. The molecule has 1 unspecified atom stereocenters. The number of nitrogens with zero attached hydrogens (tertiary/aromatic N) is 3. The van der Waals surface area contributed by atoms with Gasteiger partial charge in [0.15, 0.2) is 0 Å². The summed E-state index contributed by atoms with van der Waals surface area (Å²) in [5.74, 6) is 0.726. The summed E-state index contributed by atoms with van der Waals surface area (Å²) in [6.45, 7) is 7.20. The minimum absolute atomic E-state index is 0.252. The highest BCUT2D eigenvalue weighted by Gasteiger charge is 2.29. The van der Waals surface area contributed by atoms with E-state index in [2.05, 4.69) is 4.90 Å². The van der Waals surface area contributed by atoms with Gasteiger partial charge in [0.25, 0.3) is 0 Å². The van der Waals surface area contributed by atoms with E-state index in [-0.39, 0.29) is 6.03 Å². The minimum Gasteiger partial charge on any atom is -0.381 e. The van der Waals surface area contributed by atoms with Gasteiger partial charge in [0.2, 0.25) is 0 Å². The van der Waals surface area contributed by atoms with E-state index in [4.69, 9.17) is 4.74 Å². The fourth-order valence-electron chi connectivity index (χ4n) is 4.05. The molecule has 3 heterocycles. The van der Waals surface area contributed by atoms with E-state index in [1.807, 2.05) is 16.8 Å². The molecule has 22 heavy (non-hydrogen) atoms. The van der Waals surface area contributed by atoms with Crippen LogP contribution in [0.5, 0.6) is 0 Å². The average Bonchev–Trinajstić information content (AvgIpc) is 3.08. The highest BCUT2D eigenvalue weighted by Crippen LogP contribution is 2.21. The zero-order valence-corrected chi connectivity index (χ0v) is 14.0. The number of ether oxygens (including phenoxy) is 1. The normalized spacial score (nSPS) is 28.0. The summed E-state index contributed by atoms with van der Waals surface area (Å²) in [4.78, 5) is 19.2.